The Morgan fingerprint density at radius 2 is 2.36 bits per heavy atom. The molecule has 1 unspecified atom stereocenters. The SMILES string of the molecule is C=C([CH2-])C1CC=C(C)CC1.[Li+]. The second kappa shape index (κ2) is 4.75. The Labute approximate surface area is 81.9 Å². The zero-order valence-electron chi connectivity index (χ0n) is 7.69. The number of allylic oxidation sites excluding steroid dienone is 3. The van der Waals surface area contributed by atoms with Gasteiger partial charge in [-0.15, -0.1) is 0 Å². The van der Waals surface area contributed by atoms with E-state index in [1.165, 1.54) is 18.4 Å². The first-order chi connectivity index (χ1) is 4.70. The maximum absolute atomic E-state index is 3.86. The van der Waals surface area contributed by atoms with E-state index >= 15 is 0 Å². The monoisotopic (exact) mass is 142 g/mol. The van der Waals surface area contributed by atoms with Crippen LogP contribution in [0.2, 0.25) is 0 Å². The van der Waals surface area contributed by atoms with E-state index in [4.69, 9.17) is 0 Å². The van der Waals surface area contributed by atoms with Gasteiger partial charge in [-0.05, 0) is 32.1 Å². The Balaban J connectivity index is 0.000001000. The summed E-state index contributed by atoms with van der Waals surface area (Å²) in [5.74, 6) is 0.656. The van der Waals surface area contributed by atoms with Crippen LogP contribution in [0.1, 0.15) is 26.2 Å². The van der Waals surface area contributed by atoms with Gasteiger partial charge in [0.15, 0.2) is 0 Å². The van der Waals surface area contributed by atoms with Crippen LogP contribution in [0.5, 0.6) is 0 Å². The molecule has 0 aromatic heterocycles. The van der Waals surface area contributed by atoms with Crippen LogP contribution in [-0.2, 0) is 0 Å². The molecule has 0 bridgehead atoms. The van der Waals surface area contributed by atoms with E-state index in [0.717, 1.165) is 12.0 Å². The summed E-state index contributed by atoms with van der Waals surface area (Å²) >= 11 is 0. The second-order valence-corrected chi connectivity index (χ2v) is 3.18. The zero-order chi connectivity index (χ0) is 7.56. The van der Waals surface area contributed by atoms with Crippen LogP contribution in [0.4, 0.5) is 0 Å². The van der Waals surface area contributed by atoms with Crippen molar-refractivity contribution in [1.82, 2.24) is 0 Å². The number of hydrogen-bond donors (Lipinski definition) is 0. The quantitative estimate of drug-likeness (QED) is 0.277. The molecule has 0 saturated heterocycles. The van der Waals surface area contributed by atoms with E-state index in [2.05, 4.69) is 26.5 Å². The van der Waals surface area contributed by atoms with Crippen LogP contribution in [0.15, 0.2) is 23.8 Å². The molecule has 0 fully saturated rings. The van der Waals surface area contributed by atoms with Crippen molar-refractivity contribution in [1.29, 1.82) is 0 Å². The summed E-state index contributed by atoms with van der Waals surface area (Å²) in [4.78, 5) is 0. The minimum absolute atomic E-state index is 0. The topological polar surface area (TPSA) is 0 Å². The number of rotatable bonds is 1. The molecule has 0 radical (unpaired) electrons. The largest absolute Gasteiger partial charge is 1.00 e. The van der Waals surface area contributed by atoms with Gasteiger partial charge >= 0.3 is 18.9 Å². The summed E-state index contributed by atoms with van der Waals surface area (Å²) in [5.41, 5.74) is 2.63. The molecule has 1 atom stereocenters. The molecule has 0 spiro atoms. The normalized spacial score (nSPS) is 23.4. The molecule has 56 valence electrons. The fraction of sp³-hybridized carbons (Fsp3) is 0.500. The first-order valence-corrected chi connectivity index (χ1v) is 3.86. The van der Waals surface area contributed by atoms with Crippen LogP contribution < -0.4 is 18.9 Å². The minimum atomic E-state index is 0. The summed E-state index contributed by atoms with van der Waals surface area (Å²) in [6, 6.07) is 0. The van der Waals surface area contributed by atoms with Crippen molar-refractivity contribution < 1.29 is 18.9 Å². The Hall–Kier alpha value is -0.0526. The van der Waals surface area contributed by atoms with E-state index in [0.29, 0.717) is 5.92 Å². The fourth-order valence-electron chi connectivity index (χ4n) is 1.34. The van der Waals surface area contributed by atoms with Gasteiger partial charge < -0.3 is 0 Å². The molecule has 0 amide bonds. The van der Waals surface area contributed by atoms with Crippen molar-refractivity contribution in [2.75, 3.05) is 0 Å². The summed E-state index contributed by atoms with van der Waals surface area (Å²) in [5, 5.41) is 0. The summed E-state index contributed by atoms with van der Waals surface area (Å²) in [7, 11) is 0. The second-order valence-electron chi connectivity index (χ2n) is 3.18. The maximum atomic E-state index is 3.86. The summed E-state index contributed by atoms with van der Waals surface area (Å²) in [6.07, 6.45) is 5.96. The van der Waals surface area contributed by atoms with E-state index in [1.54, 1.807) is 0 Å². The van der Waals surface area contributed by atoms with Crippen LogP contribution in [0, 0.1) is 12.8 Å². The smallest absolute Gasteiger partial charge is 0.242 e. The molecule has 1 rings (SSSR count). The van der Waals surface area contributed by atoms with Gasteiger partial charge in [0.1, 0.15) is 0 Å². The van der Waals surface area contributed by atoms with Gasteiger partial charge in [-0.2, -0.15) is 0 Å². The summed E-state index contributed by atoms with van der Waals surface area (Å²) in [6.45, 7) is 9.92. The van der Waals surface area contributed by atoms with Gasteiger partial charge in [-0.25, -0.2) is 19.1 Å². The Morgan fingerprint density at radius 1 is 1.73 bits per heavy atom. The Kier molecular flexibility index (Phi) is 4.73. The third kappa shape index (κ3) is 3.23. The molecule has 1 aliphatic rings. The number of hydrogen-bond acceptors (Lipinski definition) is 0. The molecule has 0 N–H and O–H groups in total. The molecule has 0 aliphatic heterocycles. The molecule has 0 saturated carbocycles. The molecule has 1 aliphatic carbocycles. The predicted molar refractivity (Wildman–Crippen MR) is 45.6 cm³/mol. The van der Waals surface area contributed by atoms with Crippen molar-refractivity contribution >= 4 is 0 Å². The third-order valence-electron chi connectivity index (χ3n) is 2.22. The van der Waals surface area contributed by atoms with Crippen molar-refractivity contribution in [2.24, 2.45) is 5.92 Å². The molecule has 0 heterocycles. The average Bonchev–Trinajstić information content (AvgIpc) is 1.88. The first-order valence-electron chi connectivity index (χ1n) is 3.86. The predicted octanol–water partition coefficient (Wildman–Crippen LogP) is 0.127. The zero-order valence-corrected chi connectivity index (χ0v) is 7.69. The Bertz CT molecular complexity index is 168. The first kappa shape index (κ1) is 10.9. The van der Waals surface area contributed by atoms with Crippen LogP contribution >= 0.6 is 0 Å². The molecule has 1 heteroatoms. The van der Waals surface area contributed by atoms with E-state index in [-0.39, 0.29) is 18.9 Å². The van der Waals surface area contributed by atoms with Gasteiger partial charge in [0, 0.05) is 0 Å². The standard InChI is InChI=1S/C10H15.Li/c1-8(2)10-6-4-9(3)5-7-10;/h4,10H,1-2,5-7H2,3H3;/q-1;+1. The molecular formula is C10H15Li. The average molecular weight is 142 g/mol. The molecule has 0 aromatic rings. The van der Waals surface area contributed by atoms with Crippen molar-refractivity contribution in [2.45, 2.75) is 26.2 Å². The fourth-order valence-corrected chi connectivity index (χ4v) is 1.34. The van der Waals surface area contributed by atoms with Crippen LogP contribution in [0.25, 0.3) is 0 Å². The Morgan fingerprint density at radius 3 is 2.73 bits per heavy atom. The van der Waals surface area contributed by atoms with Crippen molar-refractivity contribution in [3.63, 3.8) is 0 Å². The van der Waals surface area contributed by atoms with Crippen LogP contribution in [0.3, 0.4) is 0 Å². The van der Waals surface area contributed by atoms with Crippen molar-refractivity contribution in [3.8, 4) is 0 Å². The van der Waals surface area contributed by atoms with E-state index in [9.17, 15) is 0 Å². The van der Waals surface area contributed by atoms with Crippen molar-refractivity contribution in [3.05, 3.63) is 30.7 Å². The van der Waals surface area contributed by atoms with Gasteiger partial charge in [0.25, 0.3) is 0 Å². The van der Waals surface area contributed by atoms with E-state index < -0.39 is 0 Å². The van der Waals surface area contributed by atoms with Gasteiger partial charge in [-0.3, -0.25) is 0 Å². The molecular weight excluding hydrogens is 127 g/mol. The van der Waals surface area contributed by atoms with E-state index in [1.807, 2.05) is 0 Å². The van der Waals surface area contributed by atoms with Gasteiger partial charge in [0.2, 0.25) is 0 Å². The third-order valence-corrected chi connectivity index (χ3v) is 2.22. The maximum Gasteiger partial charge on any atom is 1.00 e. The van der Waals surface area contributed by atoms with Gasteiger partial charge in [0.05, 0.1) is 0 Å². The van der Waals surface area contributed by atoms with Crippen LogP contribution in [-0.4, -0.2) is 0 Å². The minimum Gasteiger partial charge on any atom is -0.242 e. The molecule has 11 heavy (non-hydrogen) atoms. The van der Waals surface area contributed by atoms with Gasteiger partial charge in [-0.1, -0.05) is 11.6 Å². The molecule has 0 aromatic carbocycles. The molecule has 0 nitrogen and oxygen atoms in total. The summed E-state index contributed by atoms with van der Waals surface area (Å²) < 4.78 is 0.